The van der Waals surface area contributed by atoms with Crippen molar-refractivity contribution in [3.05, 3.63) is 77.1 Å². The van der Waals surface area contributed by atoms with Crippen molar-refractivity contribution >= 4 is 5.97 Å². The summed E-state index contributed by atoms with van der Waals surface area (Å²) >= 11 is 0. The maximum absolute atomic E-state index is 11.4. The summed E-state index contributed by atoms with van der Waals surface area (Å²) in [6.07, 6.45) is 1.46. The lowest BCUT2D eigenvalue weighted by atomic mass is 9.93. The van der Waals surface area contributed by atoms with Crippen molar-refractivity contribution in [2.45, 2.75) is 31.8 Å². The van der Waals surface area contributed by atoms with Crippen LogP contribution in [0.3, 0.4) is 0 Å². The van der Waals surface area contributed by atoms with E-state index >= 15 is 0 Å². The molecule has 0 bridgehead atoms. The standard InChI is InChI=1S/C21H22O6/c1-25-18-8-6-16(7-9-18)17-10-19(21(23)24)27-20(11-17)26-13-15-4-2-14(12-22)3-5-15/h2-10,17,20,22H,11-13H2,1H3,(H,23,24)/t17-,20+/m0/s1. The molecule has 6 nitrogen and oxygen atoms in total. The van der Waals surface area contributed by atoms with Crippen molar-refractivity contribution in [2.24, 2.45) is 0 Å². The van der Waals surface area contributed by atoms with Gasteiger partial charge in [-0.1, -0.05) is 36.4 Å². The van der Waals surface area contributed by atoms with Crippen LogP contribution in [0.4, 0.5) is 0 Å². The number of hydrogen-bond donors (Lipinski definition) is 2. The van der Waals surface area contributed by atoms with E-state index in [1.165, 1.54) is 0 Å². The van der Waals surface area contributed by atoms with Crippen LogP contribution < -0.4 is 4.74 Å². The van der Waals surface area contributed by atoms with Gasteiger partial charge in [0, 0.05) is 12.3 Å². The number of aliphatic carboxylic acids is 1. The Morgan fingerprint density at radius 2 is 1.78 bits per heavy atom. The van der Waals surface area contributed by atoms with E-state index < -0.39 is 12.3 Å². The lowest BCUT2D eigenvalue weighted by Gasteiger charge is -2.28. The molecule has 142 valence electrons. The molecule has 2 aromatic carbocycles. The Kier molecular flexibility index (Phi) is 6.11. The number of methoxy groups -OCH3 is 1. The number of allylic oxidation sites excluding steroid dienone is 1. The number of carboxylic acids is 1. The number of hydrogen-bond acceptors (Lipinski definition) is 5. The normalized spacial score (nSPS) is 19.1. The van der Waals surface area contributed by atoms with Crippen molar-refractivity contribution in [1.82, 2.24) is 0 Å². The highest BCUT2D eigenvalue weighted by Crippen LogP contribution is 2.32. The number of ether oxygens (including phenoxy) is 3. The van der Waals surface area contributed by atoms with Crippen molar-refractivity contribution < 1.29 is 29.2 Å². The minimum atomic E-state index is -1.12. The van der Waals surface area contributed by atoms with E-state index in [0.29, 0.717) is 13.0 Å². The highest BCUT2D eigenvalue weighted by molar-refractivity contribution is 5.84. The number of benzene rings is 2. The molecule has 1 heterocycles. The van der Waals surface area contributed by atoms with Crippen LogP contribution in [0.1, 0.15) is 29.0 Å². The number of carbonyl (C=O) groups is 1. The van der Waals surface area contributed by atoms with Gasteiger partial charge >= 0.3 is 5.97 Å². The summed E-state index contributed by atoms with van der Waals surface area (Å²) in [6, 6.07) is 14.9. The summed E-state index contributed by atoms with van der Waals surface area (Å²) in [4.78, 5) is 11.4. The van der Waals surface area contributed by atoms with Gasteiger partial charge in [0.25, 0.3) is 0 Å². The fraction of sp³-hybridized carbons (Fsp3) is 0.286. The Bertz CT molecular complexity index is 794. The molecule has 2 aromatic rings. The van der Waals surface area contributed by atoms with E-state index in [-0.39, 0.29) is 18.3 Å². The predicted octanol–water partition coefficient (Wildman–Crippen LogP) is 3.20. The van der Waals surface area contributed by atoms with E-state index in [1.807, 2.05) is 48.5 Å². The summed E-state index contributed by atoms with van der Waals surface area (Å²) in [5.41, 5.74) is 2.71. The van der Waals surface area contributed by atoms with Crippen LogP contribution in [0.5, 0.6) is 5.75 Å². The molecular formula is C21H22O6. The molecule has 2 atom stereocenters. The van der Waals surface area contributed by atoms with E-state index in [9.17, 15) is 9.90 Å². The summed E-state index contributed by atoms with van der Waals surface area (Å²) in [6.45, 7) is 0.280. The van der Waals surface area contributed by atoms with Crippen LogP contribution in [0.2, 0.25) is 0 Å². The van der Waals surface area contributed by atoms with Crippen molar-refractivity contribution in [2.75, 3.05) is 7.11 Å². The Morgan fingerprint density at radius 1 is 1.11 bits per heavy atom. The average Bonchev–Trinajstić information content (AvgIpc) is 2.72. The molecule has 27 heavy (non-hydrogen) atoms. The Balaban J connectivity index is 1.70. The number of aliphatic hydroxyl groups is 1. The topological polar surface area (TPSA) is 85.2 Å². The molecule has 1 aliphatic rings. The summed E-state index contributed by atoms with van der Waals surface area (Å²) < 4.78 is 16.5. The Labute approximate surface area is 157 Å². The van der Waals surface area contributed by atoms with Crippen LogP contribution in [-0.2, 0) is 27.5 Å². The van der Waals surface area contributed by atoms with Crippen molar-refractivity contribution in [3.63, 3.8) is 0 Å². The average molecular weight is 370 g/mol. The van der Waals surface area contributed by atoms with Crippen LogP contribution >= 0.6 is 0 Å². The number of carboxylic acid groups (broad SMARTS) is 1. The first kappa shape index (κ1) is 18.9. The molecule has 0 amide bonds. The minimum absolute atomic E-state index is 0.0107. The smallest absolute Gasteiger partial charge is 0.370 e. The fourth-order valence-electron chi connectivity index (χ4n) is 2.92. The van der Waals surface area contributed by atoms with Crippen LogP contribution in [0, 0.1) is 0 Å². The third-order valence-corrected chi connectivity index (χ3v) is 4.45. The van der Waals surface area contributed by atoms with Gasteiger partial charge in [0.15, 0.2) is 0 Å². The number of rotatable bonds is 7. The first-order chi connectivity index (χ1) is 13.1. The largest absolute Gasteiger partial charge is 0.497 e. The molecule has 0 saturated heterocycles. The summed E-state index contributed by atoms with van der Waals surface area (Å²) in [5.74, 6) is -0.610. The molecule has 6 heteroatoms. The summed E-state index contributed by atoms with van der Waals surface area (Å²) in [5, 5.41) is 18.4. The second-order valence-electron chi connectivity index (χ2n) is 6.28. The second-order valence-corrected chi connectivity index (χ2v) is 6.28. The zero-order valence-corrected chi connectivity index (χ0v) is 15.0. The molecule has 0 radical (unpaired) electrons. The Morgan fingerprint density at radius 3 is 2.37 bits per heavy atom. The van der Waals surface area contributed by atoms with Gasteiger partial charge in [0.1, 0.15) is 5.75 Å². The van der Waals surface area contributed by atoms with E-state index in [0.717, 1.165) is 22.4 Å². The molecule has 0 spiro atoms. The highest BCUT2D eigenvalue weighted by atomic mass is 16.7. The molecule has 0 aliphatic carbocycles. The van der Waals surface area contributed by atoms with Crippen LogP contribution in [0.15, 0.2) is 60.4 Å². The predicted molar refractivity (Wildman–Crippen MR) is 98.1 cm³/mol. The molecule has 0 unspecified atom stereocenters. The maximum atomic E-state index is 11.4. The molecule has 3 rings (SSSR count). The van der Waals surface area contributed by atoms with Gasteiger partial charge in [-0.2, -0.15) is 0 Å². The van der Waals surface area contributed by atoms with E-state index in [1.54, 1.807) is 13.2 Å². The van der Waals surface area contributed by atoms with Gasteiger partial charge in [-0.05, 0) is 34.9 Å². The highest BCUT2D eigenvalue weighted by Gasteiger charge is 2.28. The first-order valence-corrected chi connectivity index (χ1v) is 8.65. The summed E-state index contributed by atoms with van der Waals surface area (Å²) in [7, 11) is 1.60. The molecule has 0 saturated carbocycles. The first-order valence-electron chi connectivity index (χ1n) is 8.65. The van der Waals surface area contributed by atoms with Gasteiger partial charge in [0.2, 0.25) is 12.0 Å². The van der Waals surface area contributed by atoms with E-state index in [2.05, 4.69) is 0 Å². The van der Waals surface area contributed by atoms with Crippen molar-refractivity contribution in [1.29, 1.82) is 0 Å². The Hall–Kier alpha value is -2.83. The third-order valence-electron chi connectivity index (χ3n) is 4.45. The van der Waals surface area contributed by atoms with Gasteiger partial charge < -0.3 is 24.4 Å². The van der Waals surface area contributed by atoms with Gasteiger partial charge in [-0.3, -0.25) is 0 Å². The molecule has 1 aliphatic heterocycles. The maximum Gasteiger partial charge on any atom is 0.370 e. The fourth-order valence-corrected chi connectivity index (χ4v) is 2.92. The van der Waals surface area contributed by atoms with Gasteiger partial charge in [-0.25, -0.2) is 4.79 Å². The SMILES string of the molecule is COc1ccc([C@H]2C=C(C(=O)O)O[C@@H](OCc3ccc(CO)cc3)C2)cc1. The molecule has 0 fully saturated rings. The molecule has 2 N–H and O–H groups in total. The quantitative estimate of drug-likeness (QED) is 0.779. The third kappa shape index (κ3) is 4.87. The van der Waals surface area contributed by atoms with Crippen molar-refractivity contribution in [3.8, 4) is 5.75 Å². The zero-order valence-electron chi connectivity index (χ0n) is 15.0. The van der Waals surface area contributed by atoms with Gasteiger partial charge in [0.05, 0.1) is 20.3 Å². The number of aliphatic hydroxyl groups excluding tert-OH is 1. The van der Waals surface area contributed by atoms with Gasteiger partial charge in [-0.15, -0.1) is 0 Å². The molecular weight excluding hydrogens is 348 g/mol. The molecule has 0 aromatic heterocycles. The second kappa shape index (κ2) is 8.70. The van der Waals surface area contributed by atoms with Crippen LogP contribution in [0.25, 0.3) is 0 Å². The van der Waals surface area contributed by atoms with Crippen LogP contribution in [-0.4, -0.2) is 29.6 Å². The lowest BCUT2D eigenvalue weighted by molar-refractivity contribution is -0.159. The van der Waals surface area contributed by atoms with E-state index in [4.69, 9.17) is 19.3 Å². The lowest BCUT2D eigenvalue weighted by Crippen LogP contribution is -2.26. The minimum Gasteiger partial charge on any atom is -0.497 e. The zero-order chi connectivity index (χ0) is 19.2. The monoisotopic (exact) mass is 370 g/mol.